The highest BCUT2D eigenvalue weighted by molar-refractivity contribution is 5.85. The molecule has 4 heteroatoms. The van der Waals surface area contributed by atoms with Crippen molar-refractivity contribution in [1.29, 1.82) is 0 Å². The lowest BCUT2D eigenvalue weighted by atomic mass is 9.99. The molecule has 2 unspecified atom stereocenters. The second kappa shape index (κ2) is 6.76. The van der Waals surface area contributed by atoms with E-state index in [1.165, 1.54) is 0 Å². The first-order valence-corrected chi connectivity index (χ1v) is 6.25. The molecule has 100 valence electrons. The van der Waals surface area contributed by atoms with Gasteiger partial charge in [0.2, 0.25) is 5.91 Å². The van der Waals surface area contributed by atoms with Gasteiger partial charge in [-0.25, -0.2) is 0 Å². The molecule has 18 heavy (non-hydrogen) atoms. The lowest BCUT2D eigenvalue weighted by molar-refractivity contribution is -0.133. The van der Waals surface area contributed by atoms with Crippen LogP contribution in [0.3, 0.4) is 0 Å². The molecule has 2 atom stereocenters. The first-order chi connectivity index (χ1) is 8.18. The normalized spacial score (nSPS) is 21.0. The highest BCUT2D eigenvalue weighted by atomic mass is 35.5. The lowest BCUT2D eigenvalue weighted by Gasteiger charge is -2.33. The van der Waals surface area contributed by atoms with Gasteiger partial charge in [0.1, 0.15) is 0 Å². The molecule has 1 amide bonds. The molecule has 1 aromatic carbocycles. The summed E-state index contributed by atoms with van der Waals surface area (Å²) in [5, 5.41) is 3.35. The van der Waals surface area contributed by atoms with E-state index in [1.54, 1.807) is 0 Å². The summed E-state index contributed by atoms with van der Waals surface area (Å²) in [5.41, 5.74) is 1.10. The minimum absolute atomic E-state index is 0. The van der Waals surface area contributed by atoms with Gasteiger partial charge in [0, 0.05) is 25.7 Å². The van der Waals surface area contributed by atoms with Gasteiger partial charge in [0.15, 0.2) is 0 Å². The summed E-state index contributed by atoms with van der Waals surface area (Å²) in [4.78, 5) is 14.3. The Labute approximate surface area is 115 Å². The third-order valence-electron chi connectivity index (χ3n) is 3.35. The van der Waals surface area contributed by atoms with Crippen LogP contribution in [0.15, 0.2) is 30.3 Å². The Morgan fingerprint density at radius 1 is 1.39 bits per heavy atom. The highest BCUT2D eigenvalue weighted by Gasteiger charge is 2.25. The van der Waals surface area contributed by atoms with Crippen molar-refractivity contribution in [2.75, 3.05) is 19.6 Å². The molecule has 0 spiro atoms. The number of amides is 1. The van der Waals surface area contributed by atoms with Crippen molar-refractivity contribution in [3.8, 4) is 0 Å². The quantitative estimate of drug-likeness (QED) is 0.890. The summed E-state index contributed by atoms with van der Waals surface area (Å²) < 4.78 is 0. The summed E-state index contributed by atoms with van der Waals surface area (Å²) >= 11 is 0. The molecule has 1 fully saturated rings. The van der Waals surface area contributed by atoms with Gasteiger partial charge in [-0.3, -0.25) is 4.79 Å². The third kappa shape index (κ3) is 3.47. The first-order valence-electron chi connectivity index (χ1n) is 6.25. The predicted molar refractivity (Wildman–Crippen MR) is 76.1 cm³/mol. The molecule has 1 aliphatic heterocycles. The number of hydrogen-bond acceptors (Lipinski definition) is 2. The molecule has 1 heterocycles. The Morgan fingerprint density at radius 2 is 2.06 bits per heavy atom. The zero-order chi connectivity index (χ0) is 12.3. The number of halogens is 1. The van der Waals surface area contributed by atoms with E-state index in [-0.39, 0.29) is 24.2 Å². The molecule has 1 N–H and O–H groups in total. The summed E-state index contributed by atoms with van der Waals surface area (Å²) in [6.45, 7) is 6.64. The maximum absolute atomic E-state index is 12.3. The van der Waals surface area contributed by atoms with Crippen LogP contribution in [0, 0.1) is 0 Å². The Kier molecular flexibility index (Phi) is 5.63. The van der Waals surface area contributed by atoms with E-state index in [0.29, 0.717) is 6.04 Å². The van der Waals surface area contributed by atoms with Gasteiger partial charge >= 0.3 is 0 Å². The van der Waals surface area contributed by atoms with E-state index in [2.05, 4.69) is 12.2 Å². The summed E-state index contributed by atoms with van der Waals surface area (Å²) in [7, 11) is 0. The van der Waals surface area contributed by atoms with Gasteiger partial charge in [0.05, 0.1) is 5.92 Å². The molecule has 0 radical (unpaired) electrons. The fourth-order valence-corrected chi connectivity index (χ4v) is 2.29. The Balaban J connectivity index is 0.00000162. The third-order valence-corrected chi connectivity index (χ3v) is 3.35. The van der Waals surface area contributed by atoms with E-state index in [1.807, 2.05) is 42.2 Å². The average molecular weight is 269 g/mol. The SMILES string of the molecule is CC1CN(C(=O)C(C)c2ccccc2)CCN1.Cl. The fraction of sp³-hybridized carbons (Fsp3) is 0.500. The number of nitrogens with zero attached hydrogens (tertiary/aromatic N) is 1. The Hall–Kier alpha value is -1.06. The number of carbonyl (C=O) groups excluding carboxylic acids is 1. The molecule has 1 saturated heterocycles. The van der Waals surface area contributed by atoms with Gasteiger partial charge in [-0.1, -0.05) is 30.3 Å². The van der Waals surface area contributed by atoms with Crippen molar-refractivity contribution < 1.29 is 4.79 Å². The monoisotopic (exact) mass is 268 g/mol. The van der Waals surface area contributed by atoms with Crippen LogP contribution in [0.1, 0.15) is 25.3 Å². The maximum atomic E-state index is 12.3. The van der Waals surface area contributed by atoms with Crippen molar-refractivity contribution in [3.63, 3.8) is 0 Å². The van der Waals surface area contributed by atoms with E-state index in [0.717, 1.165) is 25.2 Å². The topological polar surface area (TPSA) is 32.3 Å². The molecule has 0 aromatic heterocycles. The molecular weight excluding hydrogens is 248 g/mol. The number of carbonyl (C=O) groups is 1. The first kappa shape index (κ1) is 15.0. The van der Waals surface area contributed by atoms with Gasteiger partial charge < -0.3 is 10.2 Å². The van der Waals surface area contributed by atoms with Crippen LogP contribution in [0.25, 0.3) is 0 Å². The molecule has 3 nitrogen and oxygen atoms in total. The van der Waals surface area contributed by atoms with Crippen LogP contribution in [0.2, 0.25) is 0 Å². The Morgan fingerprint density at radius 3 is 2.67 bits per heavy atom. The summed E-state index contributed by atoms with van der Waals surface area (Å²) in [6, 6.07) is 10.4. The van der Waals surface area contributed by atoms with Gasteiger partial charge in [-0.2, -0.15) is 0 Å². The van der Waals surface area contributed by atoms with Crippen LogP contribution in [-0.2, 0) is 4.79 Å². The highest BCUT2D eigenvalue weighted by Crippen LogP contribution is 2.18. The van der Waals surface area contributed by atoms with E-state index >= 15 is 0 Å². The van der Waals surface area contributed by atoms with Crippen molar-refractivity contribution in [2.24, 2.45) is 0 Å². The second-order valence-corrected chi connectivity index (χ2v) is 4.77. The number of rotatable bonds is 2. The molecule has 2 rings (SSSR count). The molecule has 0 aliphatic carbocycles. The number of benzene rings is 1. The van der Waals surface area contributed by atoms with Gasteiger partial charge in [-0.05, 0) is 19.4 Å². The van der Waals surface area contributed by atoms with E-state index < -0.39 is 0 Å². The standard InChI is InChI=1S/C14H20N2O.ClH/c1-11-10-16(9-8-15-11)14(17)12(2)13-6-4-3-5-7-13;/h3-7,11-12,15H,8-10H2,1-2H3;1H. The van der Waals surface area contributed by atoms with Crippen molar-refractivity contribution in [1.82, 2.24) is 10.2 Å². The van der Waals surface area contributed by atoms with Crippen LogP contribution < -0.4 is 5.32 Å². The molecular formula is C14H21ClN2O. The smallest absolute Gasteiger partial charge is 0.229 e. The number of nitrogens with one attached hydrogen (secondary N) is 1. The minimum atomic E-state index is -0.0403. The fourth-order valence-electron chi connectivity index (χ4n) is 2.29. The molecule has 1 aromatic rings. The number of hydrogen-bond donors (Lipinski definition) is 1. The van der Waals surface area contributed by atoms with E-state index in [4.69, 9.17) is 0 Å². The maximum Gasteiger partial charge on any atom is 0.229 e. The summed E-state index contributed by atoms with van der Waals surface area (Å²) in [6.07, 6.45) is 0. The zero-order valence-electron chi connectivity index (χ0n) is 10.9. The average Bonchev–Trinajstić information content (AvgIpc) is 2.38. The minimum Gasteiger partial charge on any atom is -0.339 e. The second-order valence-electron chi connectivity index (χ2n) is 4.77. The van der Waals surface area contributed by atoms with Gasteiger partial charge in [0.25, 0.3) is 0 Å². The van der Waals surface area contributed by atoms with Crippen LogP contribution in [-0.4, -0.2) is 36.5 Å². The largest absolute Gasteiger partial charge is 0.339 e. The van der Waals surface area contributed by atoms with Gasteiger partial charge in [-0.15, -0.1) is 12.4 Å². The van der Waals surface area contributed by atoms with Crippen molar-refractivity contribution in [2.45, 2.75) is 25.8 Å². The van der Waals surface area contributed by atoms with Crippen molar-refractivity contribution >= 4 is 18.3 Å². The summed E-state index contributed by atoms with van der Waals surface area (Å²) in [5.74, 6) is 0.200. The molecule has 0 bridgehead atoms. The predicted octanol–water partition coefficient (Wildman–Crippen LogP) is 2.03. The van der Waals surface area contributed by atoms with Crippen LogP contribution in [0.5, 0.6) is 0 Å². The zero-order valence-corrected chi connectivity index (χ0v) is 11.7. The molecule has 1 aliphatic rings. The Bertz CT molecular complexity index is 383. The van der Waals surface area contributed by atoms with E-state index in [9.17, 15) is 4.79 Å². The lowest BCUT2D eigenvalue weighted by Crippen LogP contribution is -2.52. The molecule has 0 saturated carbocycles. The van der Waals surface area contributed by atoms with Crippen LogP contribution >= 0.6 is 12.4 Å². The van der Waals surface area contributed by atoms with Crippen LogP contribution in [0.4, 0.5) is 0 Å². The van der Waals surface area contributed by atoms with Crippen molar-refractivity contribution in [3.05, 3.63) is 35.9 Å². The number of piperazine rings is 1.